The average Bonchev–Trinajstić information content (AvgIpc) is 2.15. The van der Waals surface area contributed by atoms with Gasteiger partial charge in [-0.2, -0.15) is 0 Å². The van der Waals surface area contributed by atoms with Crippen LogP contribution >= 0.6 is 11.6 Å². The van der Waals surface area contributed by atoms with Gasteiger partial charge in [0, 0.05) is 23.2 Å². The van der Waals surface area contributed by atoms with E-state index in [0.29, 0.717) is 17.6 Å². The minimum absolute atomic E-state index is 0.368. The van der Waals surface area contributed by atoms with Gasteiger partial charge in [-0.25, -0.2) is 0 Å². The van der Waals surface area contributed by atoms with Gasteiger partial charge in [-0.3, -0.25) is 0 Å². The van der Waals surface area contributed by atoms with Crippen LogP contribution in [0.25, 0.3) is 0 Å². The Hall–Kier alpha value is -0.570. The summed E-state index contributed by atoms with van der Waals surface area (Å²) in [4.78, 5) is 0. The van der Waals surface area contributed by atoms with Crippen molar-refractivity contribution in [2.45, 2.75) is 26.0 Å². The van der Waals surface area contributed by atoms with Crippen LogP contribution in [0.1, 0.15) is 25.5 Å². The van der Waals surface area contributed by atoms with Crippen molar-refractivity contribution >= 4 is 11.6 Å². The highest BCUT2D eigenvalue weighted by atomic mass is 35.5. The van der Waals surface area contributed by atoms with Crippen molar-refractivity contribution in [3.63, 3.8) is 0 Å². The zero-order valence-corrected chi connectivity index (χ0v) is 9.25. The van der Waals surface area contributed by atoms with Gasteiger partial charge in [-0.05, 0) is 6.07 Å². The summed E-state index contributed by atoms with van der Waals surface area (Å²) in [7, 11) is 0. The van der Waals surface area contributed by atoms with Crippen LogP contribution in [0.5, 0.6) is 0 Å². The van der Waals surface area contributed by atoms with Crippen LogP contribution in [0.2, 0.25) is 5.02 Å². The summed E-state index contributed by atoms with van der Waals surface area (Å²) >= 11 is 5.95. The SMILES string of the molecule is CC(C)NC[C@H](O)c1ccccc1Cl. The highest BCUT2D eigenvalue weighted by molar-refractivity contribution is 6.31. The molecule has 0 aliphatic carbocycles. The standard InChI is InChI=1S/C11H16ClNO/c1-8(2)13-7-11(14)9-5-3-4-6-10(9)12/h3-6,8,11,13-14H,7H2,1-2H3/t11-/m0/s1. The first-order valence-corrected chi connectivity index (χ1v) is 5.15. The van der Waals surface area contributed by atoms with Gasteiger partial charge in [-0.15, -0.1) is 0 Å². The van der Waals surface area contributed by atoms with Gasteiger partial charge in [0.1, 0.15) is 0 Å². The van der Waals surface area contributed by atoms with E-state index in [4.69, 9.17) is 11.6 Å². The van der Waals surface area contributed by atoms with Crippen LogP contribution in [0, 0.1) is 0 Å². The Morgan fingerprint density at radius 3 is 2.57 bits per heavy atom. The lowest BCUT2D eigenvalue weighted by Crippen LogP contribution is -2.27. The minimum atomic E-state index is -0.536. The Balaban J connectivity index is 2.60. The molecule has 0 amide bonds. The normalized spacial score (nSPS) is 13.2. The predicted octanol–water partition coefficient (Wildman–Crippen LogP) is 2.37. The summed E-state index contributed by atoms with van der Waals surface area (Å²) in [5.74, 6) is 0. The number of hydrogen-bond acceptors (Lipinski definition) is 2. The molecular weight excluding hydrogens is 198 g/mol. The first-order chi connectivity index (χ1) is 6.61. The Kier molecular flexibility index (Phi) is 4.39. The molecule has 1 aromatic rings. The van der Waals surface area contributed by atoms with E-state index < -0.39 is 6.10 Å². The zero-order chi connectivity index (χ0) is 10.6. The molecule has 0 spiro atoms. The fourth-order valence-electron chi connectivity index (χ4n) is 1.20. The van der Waals surface area contributed by atoms with E-state index in [2.05, 4.69) is 5.32 Å². The van der Waals surface area contributed by atoms with E-state index in [9.17, 15) is 5.11 Å². The van der Waals surface area contributed by atoms with Gasteiger partial charge in [0.2, 0.25) is 0 Å². The monoisotopic (exact) mass is 213 g/mol. The molecule has 78 valence electrons. The Morgan fingerprint density at radius 1 is 1.36 bits per heavy atom. The Bertz CT molecular complexity index is 288. The number of rotatable bonds is 4. The third kappa shape index (κ3) is 3.29. The van der Waals surface area contributed by atoms with Crippen molar-refractivity contribution in [3.8, 4) is 0 Å². The quantitative estimate of drug-likeness (QED) is 0.805. The molecule has 1 rings (SSSR count). The summed E-state index contributed by atoms with van der Waals surface area (Å²) in [6, 6.07) is 7.73. The topological polar surface area (TPSA) is 32.3 Å². The van der Waals surface area contributed by atoms with E-state index in [1.807, 2.05) is 32.0 Å². The van der Waals surface area contributed by atoms with Crippen molar-refractivity contribution in [1.82, 2.24) is 5.32 Å². The zero-order valence-electron chi connectivity index (χ0n) is 8.50. The lowest BCUT2D eigenvalue weighted by Gasteiger charge is -2.15. The summed E-state index contributed by atoms with van der Waals surface area (Å²) in [5.41, 5.74) is 0.780. The van der Waals surface area contributed by atoms with Gasteiger partial charge in [0.25, 0.3) is 0 Å². The molecule has 2 nitrogen and oxygen atoms in total. The highest BCUT2D eigenvalue weighted by Gasteiger charge is 2.10. The Morgan fingerprint density at radius 2 is 2.00 bits per heavy atom. The molecule has 0 aliphatic heterocycles. The number of halogens is 1. The number of nitrogens with one attached hydrogen (secondary N) is 1. The second kappa shape index (κ2) is 5.35. The fraction of sp³-hybridized carbons (Fsp3) is 0.455. The Labute approximate surface area is 89.9 Å². The van der Waals surface area contributed by atoms with Crippen LogP contribution in [0.15, 0.2) is 24.3 Å². The minimum Gasteiger partial charge on any atom is -0.387 e. The molecular formula is C11H16ClNO. The molecule has 1 atom stereocenters. The molecule has 0 radical (unpaired) electrons. The summed E-state index contributed by atoms with van der Waals surface area (Å²) in [6.07, 6.45) is -0.536. The molecule has 0 saturated carbocycles. The second-order valence-corrected chi connectivity index (χ2v) is 4.01. The van der Waals surface area contributed by atoms with Gasteiger partial charge in [0.15, 0.2) is 0 Å². The van der Waals surface area contributed by atoms with Gasteiger partial charge in [-0.1, -0.05) is 43.6 Å². The van der Waals surface area contributed by atoms with Crippen LogP contribution in [0.3, 0.4) is 0 Å². The fourth-order valence-corrected chi connectivity index (χ4v) is 1.46. The molecule has 3 heteroatoms. The summed E-state index contributed by atoms with van der Waals surface area (Å²) < 4.78 is 0. The van der Waals surface area contributed by atoms with E-state index >= 15 is 0 Å². The molecule has 0 saturated heterocycles. The molecule has 2 N–H and O–H groups in total. The van der Waals surface area contributed by atoms with Crippen LogP contribution in [0.4, 0.5) is 0 Å². The predicted molar refractivity (Wildman–Crippen MR) is 59.6 cm³/mol. The smallest absolute Gasteiger partial charge is 0.0928 e. The number of aliphatic hydroxyl groups is 1. The van der Waals surface area contributed by atoms with Crippen molar-refractivity contribution < 1.29 is 5.11 Å². The van der Waals surface area contributed by atoms with Crippen molar-refractivity contribution in [1.29, 1.82) is 0 Å². The van der Waals surface area contributed by atoms with E-state index in [1.165, 1.54) is 0 Å². The van der Waals surface area contributed by atoms with Crippen molar-refractivity contribution in [3.05, 3.63) is 34.9 Å². The highest BCUT2D eigenvalue weighted by Crippen LogP contribution is 2.21. The number of aliphatic hydroxyl groups excluding tert-OH is 1. The maximum atomic E-state index is 9.80. The lowest BCUT2D eigenvalue weighted by molar-refractivity contribution is 0.171. The summed E-state index contributed by atoms with van der Waals surface area (Å²) in [5, 5.41) is 13.6. The molecule has 14 heavy (non-hydrogen) atoms. The van der Waals surface area contributed by atoms with Gasteiger partial charge >= 0.3 is 0 Å². The maximum Gasteiger partial charge on any atom is 0.0928 e. The molecule has 0 fully saturated rings. The molecule has 0 aliphatic rings. The van der Waals surface area contributed by atoms with Gasteiger partial charge in [0.05, 0.1) is 6.10 Å². The van der Waals surface area contributed by atoms with Crippen LogP contribution in [-0.4, -0.2) is 17.7 Å². The van der Waals surface area contributed by atoms with Crippen LogP contribution in [-0.2, 0) is 0 Å². The molecule has 0 heterocycles. The molecule has 0 aromatic heterocycles. The van der Waals surface area contributed by atoms with E-state index in [1.54, 1.807) is 6.07 Å². The first kappa shape index (κ1) is 11.5. The lowest BCUT2D eigenvalue weighted by atomic mass is 10.1. The summed E-state index contributed by atoms with van der Waals surface area (Å²) in [6.45, 7) is 4.61. The van der Waals surface area contributed by atoms with Crippen LogP contribution < -0.4 is 5.32 Å². The van der Waals surface area contributed by atoms with Crippen molar-refractivity contribution in [2.75, 3.05) is 6.54 Å². The van der Waals surface area contributed by atoms with Gasteiger partial charge < -0.3 is 10.4 Å². The molecule has 0 bridgehead atoms. The maximum absolute atomic E-state index is 9.80. The average molecular weight is 214 g/mol. The number of hydrogen-bond donors (Lipinski definition) is 2. The van der Waals surface area contributed by atoms with E-state index in [0.717, 1.165) is 5.56 Å². The van der Waals surface area contributed by atoms with Crippen molar-refractivity contribution in [2.24, 2.45) is 0 Å². The largest absolute Gasteiger partial charge is 0.387 e. The molecule has 1 aromatic carbocycles. The number of benzene rings is 1. The van der Waals surface area contributed by atoms with E-state index in [-0.39, 0.29) is 0 Å². The third-order valence-electron chi connectivity index (χ3n) is 1.98. The third-order valence-corrected chi connectivity index (χ3v) is 2.33. The first-order valence-electron chi connectivity index (χ1n) is 4.77. The molecule has 0 unspecified atom stereocenters. The second-order valence-electron chi connectivity index (χ2n) is 3.60.